The van der Waals surface area contributed by atoms with Gasteiger partial charge in [-0.05, 0) is 64.2 Å². The van der Waals surface area contributed by atoms with Crippen LogP contribution < -0.4 is 5.32 Å². The van der Waals surface area contributed by atoms with Crippen LogP contribution in [0.25, 0.3) is 0 Å². The first-order valence-corrected chi connectivity index (χ1v) is 31.7. The molecular weight excluding hydrogens is 935 g/mol. The van der Waals surface area contributed by atoms with Crippen molar-refractivity contribution >= 4 is 5.91 Å². The predicted molar refractivity (Wildman–Crippen MR) is 318 cm³/mol. The Morgan fingerprint density at radius 1 is 0.467 bits per heavy atom. The fourth-order valence-corrected chi connectivity index (χ4v) is 9.83. The quantitative estimate of drug-likeness (QED) is 0.0261. The van der Waals surface area contributed by atoms with Crippen molar-refractivity contribution in [1.82, 2.24) is 5.32 Å². The molecule has 0 aliphatic carbocycles. The summed E-state index contributed by atoms with van der Waals surface area (Å²) in [6, 6.07) is -0.803. The number of allylic oxidation sites excluding steroid dienone is 11. The van der Waals surface area contributed by atoms with Gasteiger partial charge in [-0.3, -0.25) is 4.79 Å². The molecule has 0 spiro atoms. The topological polar surface area (TPSA) is 149 Å². The molecule has 436 valence electrons. The zero-order valence-electron chi connectivity index (χ0n) is 48.5. The summed E-state index contributed by atoms with van der Waals surface area (Å²) in [7, 11) is 0. The molecule has 9 nitrogen and oxygen atoms in total. The first-order valence-electron chi connectivity index (χ1n) is 31.7. The molecule has 7 unspecified atom stereocenters. The molecule has 0 aromatic heterocycles. The first kappa shape index (κ1) is 70.6. The first-order chi connectivity index (χ1) is 36.8. The maximum absolute atomic E-state index is 13.0. The molecule has 1 fully saturated rings. The molecule has 1 aliphatic rings. The van der Waals surface area contributed by atoms with Crippen molar-refractivity contribution in [3.05, 3.63) is 72.9 Å². The number of carbonyl (C=O) groups excluding carboxylic acids is 1. The lowest BCUT2D eigenvalue weighted by Gasteiger charge is -2.40. The minimum atomic E-state index is -1.57. The Balaban J connectivity index is 2.00. The normalized spacial score (nSPS) is 19.4. The summed E-state index contributed by atoms with van der Waals surface area (Å²) in [5, 5.41) is 54.4. The van der Waals surface area contributed by atoms with E-state index in [1.807, 2.05) is 6.08 Å². The minimum Gasteiger partial charge on any atom is -0.394 e. The van der Waals surface area contributed by atoms with Crippen molar-refractivity contribution in [2.24, 2.45) is 0 Å². The van der Waals surface area contributed by atoms with E-state index >= 15 is 0 Å². The average molecular weight is 1050 g/mol. The van der Waals surface area contributed by atoms with Gasteiger partial charge in [0.05, 0.1) is 25.4 Å². The lowest BCUT2D eigenvalue weighted by atomic mass is 9.99. The predicted octanol–water partition coefficient (Wildman–Crippen LogP) is 16.4. The van der Waals surface area contributed by atoms with Crippen LogP contribution in [0.4, 0.5) is 0 Å². The number of nitrogens with one attached hydrogen (secondary N) is 1. The number of aliphatic hydroxyl groups excluding tert-OH is 5. The Kier molecular flexibility index (Phi) is 51.8. The fraction of sp³-hybridized carbons (Fsp3) is 0.803. The molecule has 0 bridgehead atoms. The highest BCUT2D eigenvalue weighted by atomic mass is 16.7. The molecule has 9 heteroatoms. The molecule has 0 radical (unpaired) electrons. The maximum Gasteiger partial charge on any atom is 0.220 e. The molecule has 0 aromatic carbocycles. The molecule has 1 heterocycles. The van der Waals surface area contributed by atoms with E-state index in [9.17, 15) is 30.3 Å². The maximum atomic E-state index is 13.0. The highest BCUT2D eigenvalue weighted by molar-refractivity contribution is 5.76. The Bertz CT molecular complexity index is 1410. The van der Waals surface area contributed by atoms with Crippen LogP contribution in [0, 0.1) is 0 Å². The molecular formula is C66H119NO8. The highest BCUT2D eigenvalue weighted by Gasteiger charge is 2.44. The van der Waals surface area contributed by atoms with E-state index in [0.717, 1.165) is 70.6 Å². The monoisotopic (exact) mass is 1050 g/mol. The number of carbonyl (C=O) groups is 1. The second-order valence-electron chi connectivity index (χ2n) is 21.8. The summed E-state index contributed by atoms with van der Waals surface area (Å²) >= 11 is 0. The van der Waals surface area contributed by atoms with Gasteiger partial charge in [-0.2, -0.15) is 0 Å². The van der Waals surface area contributed by atoms with Gasteiger partial charge in [0, 0.05) is 6.42 Å². The zero-order chi connectivity index (χ0) is 54.3. The van der Waals surface area contributed by atoms with E-state index in [0.29, 0.717) is 6.42 Å². The second-order valence-corrected chi connectivity index (χ2v) is 21.8. The van der Waals surface area contributed by atoms with E-state index in [4.69, 9.17) is 9.47 Å². The number of hydrogen-bond donors (Lipinski definition) is 6. The number of unbranched alkanes of at least 4 members (excludes halogenated alkanes) is 34. The van der Waals surface area contributed by atoms with E-state index in [2.05, 4.69) is 79.9 Å². The third-order valence-corrected chi connectivity index (χ3v) is 14.8. The Morgan fingerprint density at radius 2 is 0.827 bits per heavy atom. The van der Waals surface area contributed by atoms with Crippen LogP contribution in [0.2, 0.25) is 0 Å². The minimum absolute atomic E-state index is 0.175. The summed E-state index contributed by atoms with van der Waals surface area (Å²) in [5.74, 6) is -0.175. The number of rotatable bonds is 54. The molecule has 75 heavy (non-hydrogen) atoms. The lowest BCUT2D eigenvalue weighted by Crippen LogP contribution is -2.60. The van der Waals surface area contributed by atoms with Gasteiger partial charge in [-0.1, -0.05) is 286 Å². The van der Waals surface area contributed by atoms with Crippen molar-refractivity contribution in [3.63, 3.8) is 0 Å². The van der Waals surface area contributed by atoms with Crippen molar-refractivity contribution in [2.45, 2.75) is 326 Å². The second kappa shape index (κ2) is 55.0. The van der Waals surface area contributed by atoms with Gasteiger partial charge in [0.2, 0.25) is 5.91 Å². The molecule has 0 saturated carbocycles. The van der Waals surface area contributed by atoms with Crippen molar-refractivity contribution in [1.29, 1.82) is 0 Å². The fourth-order valence-electron chi connectivity index (χ4n) is 9.83. The molecule has 1 aliphatic heterocycles. The van der Waals surface area contributed by atoms with E-state index in [1.165, 1.54) is 193 Å². The largest absolute Gasteiger partial charge is 0.394 e. The van der Waals surface area contributed by atoms with Crippen LogP contribution in [0.5, 0.6) is 0 Å². The van der Waals surface area contributed by atoms with E-state index in [1.54, 1.807) is 6.08 Å². The highest BCUT2D eigenvalue weighted by Crippen LogP contribution is 2.23. The van der Waals surface area contributed by atoms with Crippen LogP contribution in [0.15, 0.2) is 72.9 Å². The van der Waals surface area contributed by atoms with Crippen molar-refractivity contribution in [3.8, 4) is 0 Å². The standard InChI is InChI=1S/C66H119NO8/c1-3-5-7-9-11-13-15-16-17-18-19-20-21-22-23-24-25-26-27-28-29-30-31-32-33-34-35-36-37-38-39-40-41-42-43-44-46-48-50-52-54-56-62(70)67-59(58-74-66-65(73)64(72)63(71)61(57-68)75-66)60(69)55-53-51-49-47-45-14-12-10-8-6-4-2/h5,7,11,13,16-17,19-20,22-23,53,55,59-61,63-66,68-69,71-73H,3-4,6,8-10,12,14-15,18,21,24-52,54,56-58H2,1-2H3,(H,67,70)/b7-5-,13-11-,17-16-,20-19-,23-22-,55-53+. The number of hydrogen-bond acceptors (Lipinski definition) is 8. The van der Waals surface area contributed by atoms with Gasteiger partial charge in [0.25, 0.3) is 0 Å². The number of amides is 1. The third kappa shape index (κ3) is 44.2. The Labute approximate surface area is 461 Å². The summed E-state index contributed by atoms with van der Waals surface area (Å²) in [6.45, 7) is 3.66. The molecule has 1 rings (SSSR count). The van der Waals surface area contributed by atoms with Crippen LogP contribution in [-0.4, -0.2) is 87.5 Å². The van der Waals surface area contributed by atoms with E-state index < -0.39 is 49.5 Å². The van der Waals surface area contributed by atoms with Gasteiger partial charge < -0.3 is 40.3 Å². The van der Waals surface area contributed by atoms with Crippen LogP contribution in [0.1, 0.15) is 284 Å². The van der Waals surface area contributed by atoms with Gasteiger partial charge in [-0.15, -0.1) is 0 Å². The Morgan fingerprint density at radius 3 is 1.23 bits per heavy atom. The zero-order valence-corrected chi connectivity index (χ0v) is 48.5. The van der Waals surface area contributed by atoms with Gasteiger partial charge in [0.1, 0.15) is 24.4 Å². The molecule has 1 amide bonds. The summed E-state index contributed by atoms with van der Waals surface area (Å²) in [6.07, 6.45) is 70.2. The number of ether oxygens (including phenoxy) is 2. The lowest BCUT2D eigenvalue weighted by molar-refractivity contribution is -0.302. The number of aliphatic hydroxyl groups is 5. The van der Waals surface area contributed by atoms with Crippen LogP contribution in [0.3, 0.4) is 0 Å². The summed E-state index contributed by atoms with van der Waals surface area (Å²) in [4.78, 5) is 13.0. The summed E-state index contributed by atoms with van der Waals surface area (Å²) < 4.78 is 11.2. The summed E-state index contributed by atoms with van der Waals surface area (Å²) in [5.41, 5.74) is 0. The molecule has 6 N–H and O–H groups in total. The molecule has 1 saturated heterocycles. The van der Waals surface area contributed by atoms with Gasteiger partial charge >= 0.3 is 0 Å². The smallest absolute Gasteiger partial charge is 0.220 e. The average Bonchev–Trinajstić information content (AvgIpc) is 3.41. The van der Waals surface area contributed by atoms with Crippen molar-refractivity contribution in [2.75, 3.05) is 13.2 Å². The molecule has 7 atom stereocenters. The Hall–Kier alpha value is -2.37. The third-order valence-electron chi connectivity index (χ3n) is 14.8. The van der Waals surface area contributed by atoms with Gasteiger partial charge in [-0.25, -0.2) is 0 Å². The SMILES string of the molecule is CC/C=C\C/C=C\C/C=C\C/C=C\C/C=C\CCCCCCCCCCCCCCCCCCCCCCCCCCCC(=O)NC(COC1OC(CO)C(O)C(O)C1O)C(O)/C=C/CCCCCCCCCCC. The van der Waals surface area contributed by atoms with Crippen LogP contribution in [-0.2, 0) is 14.3 Å². The van der Waals surface area contributed by atoms with Gasteiger partial charge in [0.15, 0.2) is 6.29 Å². The van der Waals surface area contributed by atoms with Crippen molar-refractivity contribution < 1.29 is 39.8 Å². The van der Waals surface area contributed by atoms with Crippen LogP contribution >= 0.6 is 0 Å². The van der Waals surface area contributed by atoms with E-state index in [-0.39, 0.29) is 12.5 Å². The molecule has 0 aromatic rings.